The lowest BCUT2D eigenvalue weighted by Crippen LogP contribution is -2.27. The fraction of sp³-hybridized carbons (Fsp3) is 0.294. The van der Waals surface area contributed by atoms with Crippen molar-refractivity contribution in [2.75, 3.05) is 25.1 Å². The Morgan fingerprint density at radius 2 is 2.20 bits per heavy atom. The molecule has 1 aliphatic heterocycles. The van der Waals surface area contributed by atoms with E-state index in [-0.39, 0.29) is 0 Å². The van der Waals surface area contributed by atoms with Crippen molar-refractivity contribution < 1.29 is 4.84 Å². The molecule has 128 valence electrons. The van der Waals surface area contributed by atoms with Crippen LogP contribution in [0, 0.1) is 0 Å². The van der Waals surface area contributed by atoms with Gasteiger partial charge in [-0.3, -0.25) is 4.98 Å². The molecule has 3 aromatic heterocycles. The Labute approximate surface area is 153 Å². The van der Waals surface area contributed by atoms with Gasteiger partial charge in [-0.1, -0.05) is 16.5 Å². The van der Waals surface area contributed by atoms with Gasteiger partial charge in [-0.15, -0.1) is 11.3 Å². The lowest BCUT2D eigenvalue weighted by atomic mass is 10.1. The van der Waals surface area contributed by atoms with E-state index < -0.39 is 0 Å². The van der Waals surface area contributed by atoms with E-state index in [2.05, 4.69) is 27.1 Å². The number of pyridine rings is 1. The first-order valence-corrected chi connectivity index (χ1v) is 9.67. The van der Waals surface area contributed by atoms with Crippen molar-refractivity contribution in [1.29, 1.82) is 0 Å². The summed E-state index contributed by atoms with van der Waals surface area (Å²) in [5, 5.41) is 7.31. The second-order valence-corrected chi connectivity index (χ2v) is 7.58. The molecule has 25 heavy (non-hydrogen) atoms. The molecule has 0 saturated heterocycles. The first-order valence-electron chi connectivity index (χ1n) is 8.04. The van der Waals surface area contributed by atoms with E-state index in [1.165, 1.54) is 0 Å². The van der Waals surface area contributed by atoms with Gasteiger partial charge in [0.2, 0.25) is 0 Å². The van der Waals surface area contributed by atoms with Crippen molar-refractivity contribution in [3.05, 3.63) is 36.4 Å². The van der Waals surface area contributed by atoms with Gasteiger partial charge in [-0.25, -0.2) is 9.97 Å². The summed E-state index contributed by atoms with van der Waals surface area (Å²) in [6.45, 7) is 3.42. The molecule has 0 aliphatic carbocycles. The molecule has 6 nitrogen and oxygen atoms in total. The van der Waals surface area contributed by atoms with Crippen molar-refractivity contribution in [2.45, 2.75) is 13.3 Å². The van der Waals surface area contributed by atoms with Crippen molar-refractivity contribution >= 4 is 33.4 Å². The molecular weight excluding hydrogens is 354 g/mol. The highest BCUT2D eigenvalue weighted by Crippen LogP contribution is 2.40. The predicted molar refractivity (Wildman–Crippen MR) is 103 cm³/mol. The van der Waals surface area contributed by atoms with Gasteiger partial charge in [-0.05, 0) is 19.1 Å². The number of rotatable bonds is 4. The van der Waals surface area contributed by atoms with E-state index >= 15 is 0 Å². The topological polar surface area (TPSA) is 63.5 Å². The molecule has 0 atom stereocenters. The van der Waals surface area contributed by atoms with Gasteiger partial charge in [0.15, 0.2) is 0 Å². The van der Waals surface area contributed by atoms with E-state index in [1.807, 2.05) is 31.5 Å². The SMILES string of the molecule is CCON=C1CCN(C)c2sc(-c3cnc(-c4cccnc4)s3)nc21. The summed E-state index contributed by atoms with van der Waals surface area (Å²) in [7, 11) is 2.09. The van der Waals surface area contributed by atoms with Gasteiger partial charge in [0.25, 0.3) is 0 Å². The molecule has 0 spiro atoms. The molecule has 0 radical (unpaired) electrons. The van der Waals surface area contributed by atoms with Crippen LogP contribution in [-0.2, 0) is 4.84 Å². The number of fused-ring (bicyclic) bond motifs is 1. The zero-order valence-corrected chi connectivity index (χ0v) is 15.6. The average Bonchev–Trinajstić information content (AvgIpc) is 3.30. The summed E-state index contributed by atoms with van der Waals surface area (Å²) in [6.07, 6.45) is 6.32. The normalized spacial score (nSPS) is 15.4. The standard InChI is InChI=1S/C17H17N5OS2/c1-3-23-21-12-6-8-22(2)17-14(12)20-16(25-17)13-10-19-15(24-13)11-5-4-7-18-9-11/h4-5,7,9-10H,3,6,8H2,1-2H3. The van der Waals surface area contributed by atoms with Crippen LogP contribution in [0.5, 0.6) is 0 Å². The van der Waals surface area contributed by atoms with Crippen LogP contribution < -0.4 is 4.90 Å². The van der Waals surface area contributed by atoms with E-state index in [4.69, 9.17) is 9.82 Å². The van der Waals surface area contributed by atoms with Crippen molar-refractivity contribution in [3.8, 4) is 20.5 Å². The Bertz CT molecular complexity index is 903. The molecule has 1 aliphatic rings. The highest BCUT2D eigenvalue weighted by molar-refractivity contribution is 7.25. The van der Waals surface area contributed by atoms with Gasteiger partial charge >= 0.3 is 0 Å². The highest BCUT2D eigenvalue weighted by Gasteiger charge is 2.26. The minimum Gasteiger partial charge on any atom is -0.396 e. The van der Waals surface area contributed by atoms with Crippen LogP contribution in [0.15, 0.2) is 35.9 Å². The van der Waals surface area contributed by atoms with Crippen LogP contribution >= 0.6 is 22.7 Å². The van der Waals surface area contributed by atoms with Crippen LogP contribution in [0.2, 0.25) is 0 Å². The van der Waals surface area contributed by atoms with Gasteiger partial charge in [0.1, 0.15) is 33.0 Å². The molecule has 0 fully saturated rings. The fourth-order valence-electron chi connectivity index (χ4n) is 2.58. The molecule has 3 aromatic rings. The third kappa shape index (κ3) is 3.14. The summed E-state index contributed by atoms with van der Waals surface area (Å²) in [6, 6.07) is 3.94. The molecule has 0 N–H and O–H groups in total. The maximum Gasteiger partial charge on any atom is 0.137 e. The number of nitrogens with zero attached hydrogens (tertiary/aromatic N) is 5. The van der Waals surface area contributed by atoms with Crippen molar-refractivity contribution in [1.82, 2.24) is 15.0 Å². The van der Waals surface area contributed by atoms with Crippen LogP contribution in [0.4, 0.5) is 5.00 Å². The molecule has 0 saturated carbocycles. The van der Waals surface area contributed by atoms with Gasteiger partial charge in [0, 0.05) is 44.2 Å². The Kier molecular flexibility index (Phi) is 4.46. The number of hydrogen-bond acceptors (Lipinski definition) is 8. The second-order valence-electron chi connectivity index (χ2n) is 5.57. The van der Waals surface area contributed by atoms with Gasteiger partial charge < -0.3 is 9.74 Å². The van der Waals surface area contributed by atoms with Gasteiger partial charge in [-0.2, -0.15) is 0 Å². The number of anilines is 1. The fourth-order valence-corrected chi connectivity index (χ4v) is 4.61. The number of thiazole rings is 2. The summed E-state index contributed by atoms with van der Waals surface area (Å²) in [4.78, 5) is 22.1. The molecule has 0 amide bonds. The van der Waals surface area contributed by atoms with E-state index in [1.54, 1.807) is 28.9 Å². The maximum absolute atomic E-state index is 5.26. The second kappa shape index (κ2) is 6.89. The third-order valence-corrected chi connectivity index (χ3v) is 6.23. The largest absolute Gasteiger partial charge is 0.396 e. The molecule has 0 aromatic carbocycles. The lowest BCUT2D eigenvalue weighted by Gasteiger charge is -2.23. The Balaban J connectivity index is 1.70. The zero-order chi connectivity index (χ0) is 17.2. The molecule has 0 unspecified atom stereocenters. The van der Waals surface area contributed by atoms with E-state index in [0.717, 1.165) is 49.8 Å². The number of hydrogen-bond donors (Lipinski definition) is 0. The predicted octanol–water partition coefficient (Wildman–Crippen LogP) is 3.91. The third-order valence-electron chi connectivity index (χ3n) is 3.84. The first kappa shape index (κ1) is 16.2. The molecule has 4 heterocycles. The minimum absolute atomic E-state index is 0.564. The van der Waals surface area contributed by atoms with Crippen molar-refractivity contribution in [3.63, 3.8) is 0 Å². The number of aromatic nitrogens is 3. The van der Waals surface area contributed by atoms with Crippen LogP contribution in [0.1, 0.15) is 19.0 Å². The quantitative estimate of drug-likeness (QED) is 0.651. The summed E-state index contributed by atoms with van der Waals surface area (Å²) >= 11 is 3.31. The minimum atomic E-state index is 0.564. The highest BCUT2D eigenvalue weighted by atomic mass is 32.1. The molecule has 8 heteroatoms. The van der Waals surface area contributed by atoms with E-state index in [0.29, 0.717) is 6.61 Å². The summed E-state index contributed by atoms with van der Waals surface area (Å²) in [5.74, 6) is 0. The van der Waals surface area contributed by atoms with Crippen LogP contribution in [0.25, 0.3) is 20.5 Å². The summed E-state index contributed by atoms with van der Waals surface area (Å²) < 4.78 is 0. The monoisotopic (exact) mass is 371 g/mol. The van der Waals surface area contributed by atoms with Gasteiger partial charge in [0.05, 0.1) is 4.88 Å². The Morgan fingerprint density at radius 3 is 3.00 bits per heavy atom. The maximum atomic E-state index is 5.26. The summed E-state index contributed by atoms with van der Waals surface area (Å²) in [5.41, 5.74) is 2.88. The Morgan fingerprint density at radius 1 is 1.28 bits per heavy atom. The molecular formula is C17H17N5OS2. The van der Waals surface area contributed by atoms with E-state index in [9.17, 15) is 0 Å². The van der Waals surface area contributed by atoms with Crippen molar-refractivity contribution in [2.24, 2.45) is 5.16 Å². The average molecular weight is 371 g/mol. The smallest absolute Gasteiger partial charge is 0.137 e. The molecule has 0 bridgehead atoms. The van der Waals surface area contributed by atoms with Crippen LogP contribution in [0.3, 0.4) is 0 Å². The molecule has 4 rings (SSSR count). The lowest BCUT2D eigenvalue weighted by molar-refractivity contribution is 0.158. The van der Waals surface area contributed by atoms with Crippen LogP contribution in [-0.4, -0.2) is 40.9 Å². The first-order chi connectivity index (χ1) is 12.3. The zero-order valence-electron chi connectivity index (χ0n) is 14.0. The number of oxime groups is 1. The Hall–Kier alpha value is -2.32.